The number of hydrogen-bond donors (Lipinski definition) is 1. The molecule has 0 aliphatic carbocycles. The van der Waals surface area contributed by atoms with E-state index in [-0.39, 0.29) is 11.6 Å². The molecule has 4 aromatic heterocycles. The quantitative estimate of drug-likeness (QED) is 0.274. The number of hydrogen-bond acceptors (Lipinski definition) is 7. The molecule has 2 aromatic carbocycles. The van der Waals surface area contributed by atoms with Gasteiger partial charge in [0.1, 0.15) is 16.7 Å². The van der Waals surface area contributed by atoms with Gasteiger partial charge in [-0.1, -0.05) is 50.2 Å². The maximum atomic E-state index is 14.3. The van der Waals surface area contributed by atoms with Crippen LogP contribution in [0.15, 0.2) is 83.6 Å². The summed E-state index contributed by atoms with van der Waals surface area (Å²) in [5.41, 5.74) is 5.83. The minimum Gasteiger partial charge on any atom is -0.360 e. The number of para-hydroxylation sites is 1. The fourth-order valence-corrected chi connectivity index (χ4v) is 5.47. The van der Waals surface area contributed by atoms with Crippen molar-refractivity contribution in [3.8, 4) is 16.8 Å². The summed E-state index contributed by atoms with van der Waals surface area (Å²) in [6.45, 7) is 7.17. The van der Waals surface area contributed by atoms with Crippen LogP contribution in [-0.4, -0.2) is 29.3 Å². The van der Waals surface area contributed by atoms with Crippen LogP contribution in [0.25, 0.3) is 37.9 Å². The predicted octanol–water partition coefficient (Wildman–Crippen LogP) is 6.08. The molecule has 6 aromatic rings. The first-order valence-electron chi connectivity index (χ1n) is 12.6. The largest absolute Gasteiger partial charge is 0.360 e. The van der Waals surface area contributed by atoms with E-state index in [0.29, 0.717) is 17.1 Å². The maximum Gasteiger partial charge on any atom is 0.263 e. The molecule has 1 N–H and O–H groups in total. The Balaban J connectivity index is 1.53. The first kappa shape index (κ1) is 24.0. The summed E-state index contributed by atoms with van der Waals surface area (Å²) in [5.74, 6) is 1.12. The van der Waals surface area contributed by atoms with Gasteiger partial charge in [0.25, 0.3) is 5.56 Å². The Labute approximate surface area is 223 Å². The minimum atomic E-state index is -0.246. The molecule has 8 nitrogen and oxygen atoms in total. The van der Waals surface area contributed by atoms with Gasteiger partial charge in [-0.05, 0) is 42.0 Å². The van der Waals surface area contributed by atoms with Crippen LogP contribution >= 0.6 is 11.3 Å². The summed E-state index contributed by atoms with van der Waals surface area (Å²) in [6.07, 6.45) is 5.40. The molecule has 6 rings (SSSR count). The molecular weight excluding hydrogens is 494 g/mol. The smallest absolute Gasteiger partial charge is 0.263 e. The van der Waals surface area contributed by atoms with Crippen LogP contribution in [0.2, 0.25) is 0 Å². The highest BCUT2D eigenvalue weighted by molar-refractivity contribution is 7.16. The van der Waals surface area contributed by atoms with Crippen molar-refractivity contribution in [2.45, 2.75) is 33.4 Å². The number of aromatic nitrogens is 6. The monoisotopic (exact) mass is 521 g/mol. The number of rotatable bonds is 7. The summed E-state index contributed by atoms with van der Waals surface area (Å²) in [5, 5.41) is 9.56. The number of fused-ring (bicyclic) bond motifs is 2. The second kappa shape index (κ2) is 9.83. The average molecular weight is 522 g/mol. The first-order chi connectivity index (χ1) is 18.5. The predicted molar refractivity (Wildman–Crippen MR) is 153 cm³/mol. The third-order valence-corrected chi connectivity index (χ3v) is 7.25. The molecule has 1 atom stereocenters. The second-order valence-corrected chi connectivity index (χ2v) is 10.6. The number of nitrogens with zero attached hydrogens (tertiary/aromatic N) is 6. The van der Waals surface area contributed by atoms with E-state index in [1.165, 1.54) is 17.7 Å². The third kappa shape index (κ3) is 4.35. The van der Waals surface area contributed by atoms with Crippen molar-refractivity contribution in [1.82, 2.24) is 29.3 Å². The Morgan fingerprint density at radius 3 is 2.66 bits per heavy atom. The molecule has 0 aliphatic rings. The molecule has 0 spiro atoms. The Kier molecular flexibility index (Phi) is 6.21. The summed E-state index contributed by atoms with van der Waals surface area (Å²) in [4.78, 5) is 28.3. The van der Waals surface area contributed by atoms with E-state index in [9.17, 15) is 4.79 Å². The highest BCUT2D eigenvalue weighted by Gasteiger charge is 2.20. The van der Waals surface area contributed by atoms with Crippen molar-refractivity contribution in [2.75, 3.05) is 5.32 Å². The summed E-state index contributed by atoms with van der Waals surface area (Å²) >= 11 is 1.47. The lowest BCUT2D eigenvalue weighted by Gasteiger charge is -2.22. The molecule has 0 fully saturated rings. The minimum absolute atomic E-state index is 0.0777. The maximum absolute atomic E-state index is 14.3. The van der Waals surface area contributed by atoms with E-state index < -0.39 is 0 Å². The van der Waals surface area contributed by atoms with Gasteiger partial charge >= 0.3 is 0 Å². The molecule has 4 heterocycles. The zero-order valence-corrected chi connectivity index (χ0v) is 22.2. The van der Waals surface area contributed by atoms with E-state index in [2.05, 4.69) is 45.3 Å². The van der Waals surface area contributed by atoms with Crippen molar-refractivity contribution < 1.29 is 0 Å². The fraction of sp³-hybridized carbons (Fsp3) is 0.207. The molecule has 0 radical (unpaired) electrons. The van der Waals surface area contributed by atoms with Gasteiger partial charge < -0.3 is 5.32 Å². The molecule has 0 bridgehead atoms. The number of benzene rings is 2. The van der Waals surface area contributed by atoms with Crippen LogP contribution in [-0.2, 0) is 6.54 Å². The Hall–Kier alpha value is -4.37. The number of thiazole rings is 1. The first-order valence-corrected chi connectivity index (χ1v) is 13.4. The van der Waals surface area contributed by atoms with Gasteiger partial charge in [0.2, 0.25) is 0 Å². The van der Waals surface area contributed by atoms with Crippen LogP contribution in [0.4, 0.5) is 5.82 Å². The van der Waals surface area contributed by atoms with Gasteiger partial charge in [-0.25, -0.2) is 15.0 Å². The molecule has 9 heteroatoms. The van der Waals surface area contributed by atoms with E-state index in [1.54, 1.807) is 10.1 Å². The number of anilines is 1. The lowest BCUT2D eigenvalue weighted by molar-refractivity contribution is 0.483. The van der Waals surface area contributed by atoms with Crippen LogP contribution in [0.5, 0.6) is 0 Å². The zero-order chi connectivity index (χ0) is 26.2. The van der Waals surface area contributed by atoms with Gasteiger partial charge in [0.15, 0.2) is 5.82 Å². The van der Waals surface area contributed by atoms with Gasteiger partial charge in [-0.3, -0.25) is 14.0 Å². The zero-order valence-electron chi connectivity index (χ0n) is 21.4. The van der Waals surface area contributed by atoms with Crippen LogP contribution in [0.1, 0.15) is 32.5 Å². The lowest BCUT2D eigenvalue weighted by atomic mass is 9.99. The van der Waals surface area contributed by atoms with Crippen molar-refractivity contribution in [3.05, 3.63) is 94.9 Å². The van der Waals surface area contributed by atoms with Crippen molar-refractivity contribution in [3.63, 3.8) is 0 Å². The second-order valence-electron chi connectivity index (χ2n) is 9.75. The van der Waals surface area contributed by atoms with Crippen molar-refractivity contribution in [2.24, 2.45) is 5.92 Å². The average Bonchev–Trinajstić information content (AvgIpc) is 3.58. The van der Waals surface area contributed by atoms with Gasteiger partial charge in [0.05, 0.1) is 23.1 Å². The van der Waals surface area contributed by atoms with Crippen LogP contribution < -0.4 is 10.9 Å². The normalized spacial score (nSPS) is 12.4. The fourth-order valence-electron chi connectivity index (χ4n) is 4.84. The molecule has 0 saturated heterocycles. The lowest BCUT2D eigenvalue weighted by Crippen LogP contribution is -2.26. The van der Waals surface area contributed by atoms with Gasteiger partial charge in [0, 0.05) is 29.7 Å². The van der Waals surface area contributed by atoms with Crippen molar-refractivity contribution in [1.29, 1.82) is 0 Å². The van der Waals surface area contributed by atoms with Crippen molar-refractivity contribution >= 4 is 38.3 Å². The van der Waals surface area contributed by atoms with E-state index >= 15 is 0 Å². The summed E-state index contributed by atoms with van der Waals surface area (Å²) in [6, 6.07) is 17.6. The molecule has 0 saturated carbocycles. The molecule has 0 aliphatic heterocycles. The van der Waals surface area contributed by atoms with E-state index in [1.807, 2.05) is 72.5 Å². The molecule has 190 valence electrons. The Morgan fingerprint density at radius 1 is 1.00 bits per heavy atom. The van der Waals surface area contributed by atoms with Crippen LogP contribution in [0.3, 0.4) is 0 Å². The van der Waals surface area contributed by atoms with Gasteiger partial charge in [-0.15, -0.1) is 11.3 Å². The Morgan fingerprint density at radius 2 is 1.84 bits per heavy atom. The summed E-state index contributed by atoms with van der Waals surface area (Å²) in [7, 11) is 0. The third-order valence-electron chi connectivity index (χ3n) is 6.52. The highest BCUT2D eigenvalue weighted by atomic mass is 32.1. The molecule has 38 heavy (non-hydrogen) atoms. The molecule has 0 amide bonds. The molecular formula is C29H27N7OS. The van der Waals surface area contributed by atoms with Gasteiger partial charge in [-0.2, -0.15) is 5.10 Å². The van der Waals surface area contributed by atoms with E-state index in [4.69, 9.17) is 0 Å². The molecule has 0 unspecified atom stereocenters. The topological polar surface area (TPSA) is 90.5 Å². The SMILES string of the molecule is CC(C)Cn1cc(-c2cccc3cc([C@H](C)Nc4ncnc5scnc45)n(-c4ccccc4)c(=O)c23)cn1. The van der Waals surface area contributed by atoms with E-state index in [0.717, 1.165) is 44.8 Å². The number of pyridine rings is 1. The highest BCUT2D eigenvalue weighted by Crippen LogP contribution is 2.31. The Bertz CT molecular complexity index is 1800. The van der Waals surface area contributed by atoms with Crippen LogP contribution in [0, 0.1) is 5.92 Å². The standard InChI is InChI=1S/C29H27N7OS/c1-18(2)14-35-15-21(13-33-35)23-11-7-8-20-12-24(36(29(37)25(20)23)22-9-5-4-6-10-22)19(3)34-27-26-28(31-16-30-27)38-17-32-26/h4-13,15-19H,14H2,1-3H3,(H,30,31,34)/t19-/m0/s1. The number of nitrogens with one attached hydrogen (secondary N) is 1. The summed E-state index contributed by atoms with van der Waals surface area (Å²) < 4.78 is 3.73.